The molecule has 0 atom stereocenters. The van der Waals surface area contributed by atoms with Gasteiger partial charge in [0, 0.05) is 5.56 Å². The topological polar surface area (TPSA) is 86.3 Å². The fourth-order valence-corrected chi connectivity index (χ4v) is 2.55. The summed E-state index contributed by atoms with van der Waals surface area (Å²) in [7, 11) is 3.14. The van der Waals surface area contributed by atoms with Crippen molar-refractivity contribution in [3.63, 3.8) is 0 Å². The van der Waals surface area contributed by atoms with Gasteiger partial charge >= 0.3 is 6.09 Å². The molecule has 0 aliphatic heterocycles. The molecule has 2 aromatic rings. The van der Waals surface area contributed by atoms with E-state index >= 15 is 0 Å². The number of hydrogen-bond donors (Lipinski definition) is 2. The maximum atomic E-state index is 11.6. The summed E-state index contributed by atoms with van der Waals surface area (Å²) in [6.45, 7) is 5.81. The summed E-state index contributed by atoms with van der Waals surface area (Å²) in [5.74, 6) is 1.49. The summed E-state index contributed by atoms with van der Waals surface area (Å²) in [4.78, 5) is 11.6. The normalized spacial score (nSPS) is 10.9. The highest BCUT2D eigenvalue weighted by molar-refractivity contribution is 5.75. The molecule has 0 saturated carbocycles. The Bertz CT molecular complexity index is 813. The molecule has 0 spiro atoms. The minimum absolute atomic E-state index is 0.0142. The van der Waals surface area contributed by atoms with Crippen molar-refractivity contribution in [3.8, 4) is 34.1 Å². The first-order valence-electron chi connectivity index (χ1n) is 8.89. The van der Waals surface area contributed by atoms with E-state index in [-0.39, 0.29) is 18.9 Å². The molecule has 0 heterocycles. The van der Waals surface area contributed by atoms with Gasteiger partial charge in [-0.2, -0.15) is 0 Å². The van der Waals surface area contributed by atoms with Crippen molar-refractivity contribution >= 4 is 6.09 Å². The third-order valence-corrected chi connectivity index (χ3v) is 3.70. The van der Waals surface area contributed by atoms with Gasteiger partial charge in [0.1, 0.15) is 12.2 Å². The molecule has 2 aromatic carbocycles. The van der Waals surface area contributed by atoms with E-state index in [4.69, 9.17) is 18.9 Å². The number of ether oxygens (including phenoxy) is 4. The lowest BCUT2D eigenvalue weighted by Gasteiger charge is -2.19. The smallest absolute Gasteiger partial charge is 0.407 e. The zero-order valence-corrected chi connectivity index (χ0v) is 16.9. The van der Waals surface area contributed by atoms with E-state index in [1.165, 1.54) is 0 Å². The number of methoxy groups -OCH3 is 2. The molecule has 0 saturated heterocycles. The molecule has 152 valence electrons. The first-order chi connectivity index (χ1) is 13.2. The number of benzene rings is 2. The molecule has 0 radical (unpaired) electrons. The van der Waals surface area contributed by atoms with Crippen LogP contribution in [0, 0.1) is 0 Å². The lowest BCUT2D eigenvalue weighted by molar-refractivity contribution is 0.0520. The van der Waals surface area contributed by atoms with Crippen LogP contribution < -0.4 is 19.5 Å². The molecule has 0 aliphatic carbocycles. The quantitative estimate of drug-likeness (QED) is 0.697. The molecule has 2 N–H and O–H groups in total. The van der Waals surface area contributed by atoms with Gasteiger partial charge in [0.05, 0.1) is 20.8 Å². The number of para-hydroxylation sites is 1. The molecule has 0 bridgehead atoms. The Kier molecular flexibility index (Phi) is 6.98. The Balaban J connectivity index is 2.01. The molecule has 28 heavy (non-hydrogen) atoms. The monoisotopic (exact) mass is 389 g/mol. The van der Waals surface area contributed by atoms with E-state index in [0.29, 0.717) is 17.2 Å². The Hall–Kier alpha value is -3.09. The summed E-state index contributed by atoms with van der Waals surface area (Å²) in [6, 6.07) is 10.6. The zero-order valence-electron chi connectivity index (χ0n) is 16.9. The predicted molar refractivity (Wildman–Crippen MR) is 106 cm³/mol. The summed E-state index contributed by atoms with van der Waals surface area (Å²) in [6.07, 6.45) is -0.513. The van der Waals surface area contributed by atoms with Gasteiger partial charge in [-0.25, -0.2) is 4.79 Å². The van der Waals surface area contributed by atoms with Gasteiger partial charge in [-0.3, -0.25) is 0 Å². The summed E-state index contributed by atoms with van der Waals surface area (Å²) in [5, 5.41) is 12.9. The summed E-state index contributed by atoms with van der Waals surface area (Å²) >= 11 is 0. The van der Waals surface area contributed by atoms with Crippen LogP contribution in [0.15, 0.2) is 36.4 Å². The minimum Gasteiger partial charge on any atom is -0.504 e. The Morgan fingerprint density at radius 2 is 1.82 bits per heavy atom. The zero-order chi connectivity index (χ0) is 20.7. The van der Waals surface area contributed by atoms with Crippen LogP contribution in [-0.2, 0) is 4.74 Å². The summed E-state index contributed by atoms with van der Waals surface area (Å²) in [5.41, 5.74) is 0.989. The molecule has 0 aliphatic rings. The molecule has 0 aromatic heterocycles. The Morgan fingerprint density at radius 1 is 1.07 bits per heavy atom. The van der Waals surface area contributed by atoms with Crippen LogP contribution >= 0.6 is 0 Å². The van der Waals surface area contributed by atoms with Crippen LogP contribution in [0.2, 0.25) is 0 Å². The molecule has 0 unspecified atom stereocenters. The third-order valence-electron chi connectivity index (χ3n) is 3.70. The number of hydrogen-bond acceptors (Lipinski definition) is 6. The standard InChI is InChI=1S/C21H27NO6/c1-21(2,3)28-20(24)22-11-12-27-17-10-9-14(13-16(17)23)15-7-6-8-18(25-4)19(15)26-5/h6-10,13,23H,11-12H2,1-5H3,(H,22,24). The van der Waals surface area contributed by atoms with Crippen molar-refractivity contribution < 1.29 is 28.8 Å². The number of amides is 1. The van der Waals surface area contributed by atoms with Crippen LogP contribution in [0.25, 0.3) is 11.1 Å². The number of phenolic OH excluding ortho intramolecular Hbond substituents is 1. The number of nitrogens with one attached hydrogen (secondary N) is 1. The molecule has 7 heteroatoms. The lowest BCUT2D eigenvalue weighted by atomic mass is 10.0. The van der Waals surface area contributed by atoms with Crippen molar-refractivity contribution in [2.75, 3.05) is 27.4 Å². The van der Waals surface area contributed by atoms with Crippen LogP contribution in [0.5, 0.6) is 23.0 Å². The van der Waals surface area contributed by atoms with E-state index < -0.39 is 11.7 Å². The SMILES string of the molecule is COc1cccc(-c2ccc(OCCNC(=O)OC(C)(C)C)c(O)c2)c1OC. The van der Waals surface area contributed by atoms with Crippen LogP contribution in [0.3, 0.4) is 0 Å². The molecule has 2 rings (SSSR count). The fourth-order valence-electron chi connectivity index (χ4n) is 2.55. The number of rotatable bonds is 7. The van der Waals surface area contributed by atoms with Crippen LogP contribution in [0.4, 0.5) is 4.79 Å². The summed E-state index contributed by atoms with van der Waals surface area (Å²) < 4.78 is 21.4. The van der Waals surface area contributed by atoms with Crippen LogP contribution in [-0.4, -0.2) is 44.2 Å². The van der Waals surface area contributed by atoms with E-state index in [2.05, 4.69) is 5.32 Å². The highest BCUT2D eigenvalue weighted by atomic mass is 16.6. The maximum absolute atomic E-state index is 11.6. The number of alkyl carbamates (subject to hydrolysis) is 1. The van der Waals surface area contributed by atoms with E-state index in [1.54, 1.807) is 53.2 Å². The van der Waals surface area contributed by atoms with E-state index in [1.807, 2.05) is 18.2 Å². The molecular formula is C21H27NO6. The van der Waals surface area contributed by atoms with Gasteiger partial charge in [0.25, 0.3) is 0 Å². The second-order valence-corrected chi connectivity index (χ2v) is 7.00. The third kappa shape index (κ3) is 5.70. The first kappa shape index (κ1) is 21.2. The van der Waals surface area contributed by atoms with Gasteiger partial charge in [-0.05, 0) is 44.5 Å². The van der Waals surface area contributed by atoms with Gasteiger partial charge in [-0.1, -0.05) is 18.2 Å². The van der Waals surface area contributed by atoms with Crippen molar-refractivity contribution in [2.24, 2.45) is 0 Å². The Morgan fingerprint density at radius 3 is 2.43 bits per heavy atom. The average Bonchev–Trinajstić information content (AvgIpc) is 2.64. The Labute approximate surface area is 165 Å². The number of aromatic hydroxyl groups is 1. The van der Waals surface area contributed by atoms with Gasteiger partial charge in [0.15, 0.2) is 23.0 Å². The highest BCUT2D eigenvalue weighted by Crippen LogP contribution is 2.40. The number of carbonyl (C=O) groups excluding carboxylic acids is 1. The van der Waals surface area contributed by atoms with E-state index in [9.17, 15) is 9.90 Å². The molecule has 1 amide bonds. The largest absolute Gasteiger partial charge is 0.504 e. The lowest BCUT2D eigenvalue weighted by Crippen LogP contribution is -2.34. The second kappa shape index (κ2) is 9.21. The fraction of sp³-hybridized carbons (Fsp3) is 0.381. The van der Waals surface area contributed by atoms with Crippen molar-refractivity contribution in [2.45, 2.75) is 26.4 Å². The molecular weight excluding hydrogens is 362 g/mol. The average molecular weight is 389 g/mol. The van der Waals surface area contributed by atoms with Gasteiger partial charge < -0.3 is 29.4 Å². The minimum atomic E-state index is -0.555. The predicted octanol–water partition coefficient (Wildman–Crippen LogP) is 3.98. The van der Waals surface area contributed by atoms with Crippen molar-refractivity contribution in [1.82, 2.24) is 5.32 Å². The number of phenols is 1. The molecule has 0 fully saturated rings. The van der Waals surface area contributed by atoms with Crippen molar-refractivity contribution in [1.29, 1.82) is 0 Å². The maximum Gasteiger partial charge on any atom is 0.407 e. The van der Waals surface area contributed by atoms with Crippen molar-refractivity contribution in [3.05, 3.63) is 36.4 Å². The second-order valence-electron chi connectivity index (χ2n) is 7.00. The van der Waals surface area contributed by atoms with E-state index in [0.717, 1.165) is 11.1 Å². The van der Waals surface area contributed by atoms with Gasteiger partial charge in [-0.15, -0.1) is 0 Å². The van der Waals surface area contributed by atoms with Gasteiger partial charge in [0.2, 0.25) is 0 Å². The highest BCUT2D eigenvalue weighted by Gasteiger charge is 2.16. The number of carbonyl (C=O) groups is 1. The van der Waals surface area contributed by atoms with Crippen LogP contribution in [0.1, 0.15) is 20.8 Å². The first-order valence-corrected chi connectivity index (χ1v) is 8.89. The molecule has 7 nitrogen and oxygen atoms in total.